The Morgan fingerprint density at radius 3 is 1.29 bits per heavy atom. The Labute approximate surface area is 349 Å². The van der Waals surface area contributed by atoms with Crippen molar-refractivity contribution in [3.8, 4) is 44.9 Å². The maximum atomic E-state index is 13.4. The molecule has 0 aliphatic heterocycles. The first-order valence-corrected chi connectivity index (χ1v) is 27.2. The first kappa shape index (κ1) is 40.4. The molecule has 2 nitrogen and oxygen atoms in total. The van der Waals surface area contributed by atoms with Gasteiger partial charge in [0.1, 0.15) is 11.6 Å². The van der Waals surface area contributed by atoms with Crippen LogP contribution in [0.4, 0.5) is 8.78 Å². The van der Waals surface area contributed by atoms with E-state index in [4.69, 9.17) is 25.9 Å². The summed E-state index contributed by atoms with van der Waals surface area (Å²) in [4.78, 5) is 0. The van der Waals surface area contributed by atoms with Crippen LogP contribution >= 0.6 is 17.0 Å². The molecule has 0 unspecified atom stereocenters. The second-order valence-electron chi connectivity index (χ2n) is 14.4. The Bertz CT molecular complexity index is 2400. The van der Waals surface area contributed by atoms with Gasteiger partial charge in [0.15, 0.2) is 0 Å². The van der Waals surface area contributed by atoms with E-state index in [0.717, 1.165) is 80.5 Å². The Morgan fingerprint density at radius 1 is 0.571 bits per heavy atom. The van der Waals surface area contributed by atoms with Crippen LogP contribution in [0.3, 0.4) is 0 Å². The van der Waals surface area contributed by atoms with Gasteiger partial charge in [-0.1, -0.05) is 70.7 Å². The summed E-state index contributed by atoms with van der Waals surface area (Å²) >= 11 is -0.826. The van der Waals surface area contributed by atoms with Crippen molar-refractivity contribution in [2.24, 2.45) is 0 Å². The predicted octanol–water partition coefficient (Wildman–Crippen LogP) is 15.0. The van der Waals surface area contributed by atoms with Crippen LogP contribution in [0.2, 0.25) is 13.1 Å². The molecule has 282 valence electrons. The Balaban J connectivity index is 0.000000151. The molecule has 0 spiro atoms. The molecule has 2 heterocycles. The molecule has 10 rings (SSSR count). The molecular weight excluding hydrogens is 837 g/mol. The van der Waals surface area contributed by atoms with Crippen molar-refractivity contribution in [1.82, 2.24) is 0 Å². The molecular formula is C48H42Cl2F2O2SiZr. The van der Waals surface area contributed by atoms with Crippen molar-refractivity contribution < 1.29 is 38.5 Å². The number of benzene rings is 4. The molecule has 0 saturated heterocycles. The van der Waals surface area contributed by atoms with E-state index >= 15 is 0 Å². The molecule has 56 heavy (non-hydrogen) atoms. The summed E-state index contributed by atoms with van der Waals surface area (Å²) < 4.78 is 38.4. The van der Waals surface area contributed by atoms with Crippen LogP contribution in [0.5, 0.6) is 0 Å². The molecule has 2 aliphatic carbocycles. The van der Waals surface area contributed by atoms with E-state index in [2.05, 4.69) is 49.5 Å². The van der Waals surface area contributed by atoms with Crippen molar-refractivity contribution in [2.45, 2.75) is 65.5 Å². The fourth-order valence-corrected chi connectivity index (χ4v) is 8.20. The van der Waals surface area contributed by atoms with Gasteiger partial charge in [-0.15, -0.1) is 57.9 Å². The third-order valence-electron chi connectivity index (χ3n) is 10.5. The topological polar surface area (TPSA) is 26.3 Å². The Morgan fingerprint density at radius 2 is 0.946 bits per heavy atom. The molecule has 8 aromatic rings. The van der Waals surface area contributed by atoms with Crippen LogP contribution in [0, 0.1) is 25.5 Å². The molecule has 2 aromatic heterocycles. The summed E-state index contributed by atoms with van der Waals surface area (Å²) in [6.45, 7) is 8.23. The van der Waals surface area contributed by atoms with Crippen molar-refractivity contribution in [3.05, 3.63) is 155 Å². The van der Waals surface area contributed by atoms with Crippen molar-refractivity contribution in [2.75, 3.05) is 0 Å². The first-order valence-electron chi connectivity index (χ1n) is 18.9. The summed E-state index contributed by atoms with van der Waals surface area (Å²) in [6.07, 6.45) is 6.83. The van der Waals surface area contributed by atoms with Crippen molar-refractivity contribution in [3.63, 3.8) is 0 Å². The zero-order valence-electron chi connectivity index (χ0n) is 32.0. The van der Waals surface area contributed by atoms with E-state index in [-0.39, 0.29) is 11.6 Å². The van der Waals surface area contributed by atoms with E-state index in [1.807, 2.05) is 62.4 Å². The normalized spacial score (nSPS) is 12.6. The van der Waals surface area contributed by atoms with Gasteiger partial charge in [-0.3, -0.25) is 0 Å². The minimum atomic E-state index is -0.826. The number of hydrogen-bond acceptors (Lipinski definition) is 2. The van der Waals surface area contributed by atoms with E-state index < -0.39 is 20.8 Å². The number of fused-ring (bicyclic) bond motifs is 4. The van der Waals surface area contributed by atoms with Gasteiger partial charge in [-0.2, -0.15) is 0 Å². The Kier molecular flexibility index (Phi) is 13.1. The fraction of sp³-hybridized carbons (Fsp3) is 0.208. The van der Waals surface area contributed by atoms with Crippen molar-refractivity contribution >= 4 is 48.1 Å². The van der Waals surface area contributed by atoms with Crippen LogP contribution in [0.15, 0.2) is 118 Å². The Hall–Kier alpha value is -3.80. The van der Waals surface area contributed by atoms with E-state index in [9.17, 15) is 8.78 Å². The molecule has 6 aromatic carbocycles. The quantitative estimate of drug-likeness (QED) is 0.130. The van der Waals surface area contributed by atoms with E-state index in [1.54, 1.807) is 24.3 Å². The maximum absolute atomic E-state index is 13.4. The van der Waals surface area contributed by atoms with Crippen LogP contribution in [-0.4, -0.2) is 9.52 Å². The second-order valence-corrected chi connectivity index (χ2v) is 19.1. The summed E-state index contributed by atoms with van der Waals surface area (Å²) in [6, 6.07) is 35.3. The third kappa shape index (κ3) is 8.70. The SMILES string of the molecule is C[Si]C.Cc1ccc(-c2cc3c(-c4ccc(F)cc4)c4c(cc3[cH-]2)CCC4)o1.Cc1ccc(-c2cc3c(-c4ccc(F)cc4)c4c(cc3[cH-]2)CCC4)o1.[Cl][Zr+2][Cl]. The van der Waals surface area contributed by atoms with E-state index in [0.29, 0.717) is 0 Å². The zero-order valence-corrected chi connectivity index (χ0v) is 36.9. The minimum absolute atomic E-state index is 0.193. The summed E-state index contributed by atoms with van der Waals surface area (Å²) in [5, 5.41) is 4.95. The second kappa shape index (κ2) is 18.2. The number of halogens is 4. The first-order chi connectivity index (χ1) is 27.2. The number of aryl methyl sites for hydroxylation is 4. The van der Waals surface area contributed by atoms with Crippen LogP contribution < -0.4 is 0 Å². The summed E-state index contributed by atoms with van der Waals surface area (Å²) in [5.41, 5.74) is 12.6. The van der Waals surface area contributed by atoms with Crippen molar-refractivity contribution in [1.29, 1.82) is 0 Å². The fourth-order valence-electron chi connectivity index (χ4n) is 8.20. The molecule has 0 bridgehead atoms. The van der Waals surface area contributed by atoms with Gasteiger partial charge >= 0.3 is 37.9 Å². The molecule has 0 fully saturated rings. The van der Waals surface area contributed by atoms with Crippen LogP contribution in [-0.2, 0) is 46.5 Å². The van der Waals surface area contributed by atoms with E-state index in [1.165, 1.54) is 67.8 Å². The molecule has 0 saturated carbocycles. The summed E-state index contributed by atoms with van der Waals surface area (Å²) in [5.74, 6) is 3.25. The van der Waals surface area contributed by atoms with Gasteiger partial charge in [0.2, 0.25) is 0 Å². The van der Waals surface area contributed by atoms with Crippen LogP contribution in [0.1, 0.15) is 46.6 Å². The number of hydrogen-bond donors (Lipinski definition) is 0. The van der Waals surface area contributed by atoms with Gasteiger partial charge < -0.3 is 8.83 Å². The third-order valence-corrected chi connectivity index (χ3v) is 10.5. The van der Waals surface area contributed by atoms with Gasteiger partial charge in [-0.25, -0.2) is 8.78 Å². The van der Waals surface area contributed by atoms with Gasteiger partial charge in [-0.05, 0) is 123 Å². The molecule has 8 heteroatoms. The standard InChI is InChI=1S/2C23H18FO.C2H6Si.2ClH.Zr/c2*1-14-5-10-22(25-14)18-12-17-11-16-3-2-4-20(16)23(21(17)13-18)15-6-8-19(24)9-7-15;1-3-2;;;/h2*5-13H,2-4H2,1H3;1-2H3;2*1H;/q2*-1;;;;+4/p-2. The number of rotatable bonds is 4. The van der Waals surface area contributed by atoms with Gasteiger partial charge in [0.05, 0.1) is 23.0 Å². The average Bonchev–Trinajstić information content (AvgIpc) is 4.04. The van der Waals surface area contributed by atoms with Gasteiger partial charge in [0.25, 0.3) is 0 Å². The monoisotopic (exact) mass is 876 g/mol. The summed E-state index contributed by atoms with van der Waals surface area (Å²) in [7, 11) is 11.0. The predicted molar refractivity (Wildman–Crippen MR) is 228 cm³/mol. The molecule has 0 N–H and O–H groups in total. The molecule has 2 radical (unpaired) electrons. The molecule has 0 atom stereocenters. The molecule has 2 aliphatic rings. The average molecular weight is 879 g/mol. The molecule has 0 amide bonds. The number of furan rings is 2. The van der Waals surface area contributed by atoms with Gasteiger partial charge in [0, 0.05) is 9.52 Å². The zero-order chi connectivity index (χ0) is 39.3. The van der Waals surface area contributed by atoms with Crippen LogP contribution in [0.25, 0.3) is 66.4 Å².